The van der Waals surface area contributed by atoms with Gasteiger partial charge < -0.3 is 5.32 Å². The van der Waals surface area contributed by atoms with Gasteiger partial charge in [0.15, 0.2) is 5.82 Å². The van der Waals surface area contributed by atoms with E-state index in [1.54, 1.807) is 6.20 Å². The van der Waals surface area contributed by atoms with Gasteiger partial charge in [0.25, 0.3) is 0 Å². The Bertz CT molecular complexity index is 607. The average molecular weight is 254 g/mol. The van der Waals surface area contributed by atoms with Gasteiger partial charge in [-0.2, -0.15) is 0 Å². The second-order valence-electron chi connectivity index (χ2n) is 4.96. The van der Waals surface area contributed by atoms with Crippen molar-refractivity contribution in [2.45, 2.75) is 39.8 Å². The molecule has 0 radical (unpaired) electrons. The maximum atomic E-state index is 4.77. The highest BCUT2D eigenvalue weighted by atomic mass is 15.0. The lowest BCUT2D eigenvalue weighted by atomic mass is 10.1. The standard InChI is InChI=1S/C15H18N4/c1-3-4-13-12-8-17-9-14(12)19-15(18-13)11-7-16-6-5-10(11)2/h5-7,17H,3-4,8-9H2,1-2H3. The lowest BCUT2D eigenvalue weighted by molar-refractivity contribution is 0.753. The Balaban J connectivity index is 2.13. The number of rotatable bonds is 3. The third kappa shape index (κ3) is 2.24. The van der Waals surface area contributed by atoms with Crippen molar-refractivity contribution < 1.29 is 0 Å². The van der Waals surface area contributed by atoms with Crippen molar-refractivity contribution in [3.63, 3.8) is 0 Å². The van der Waals surface area contributed by atoms with Crippen LogP contribution in [-0.2, 0) is 19.5 Å². The molecule has 0 spiro atoms. The van der Waals surface area contributed by atoms with Crippen molar-refractivity contribution in [3.8, 4) is 11.4 Å². The lowest BCUT2D eigenvalue weighted by Crippen LogP contribution is -2.04. The first-order valence-electron chi connectivity index (χ1n) is 6.80. The molecule has 1 aliphatic rings. The van der Waals surface area contributed by atoms with Crippen LogP contribution < -0.4 is 5.32 Å². The molecule has 0 bridgehead atoms. The number of hydrogen-bond acceptors (Lipinski definition) is 4. The van der Waals surface area contributed by atoms with Gasteiger partial charge in [0.1, 0.15) is 0 Å². The highest BCUT2D eigenvalue weighted by molar-refractivity contribution is 5.59. The van der Waals surface area contributed by atoms with Gasteiger partial charge in [0.2, 0.25) is 0 Å². The van der Waals surface area contributed by atoms with Crippen LogP contribution in [0, 0.1) is 6.92 Å². The fourth-order valence-electron chi connectivity index (χ4n) is 2.50. The van der Waals surface area contributed by atoms with E-state index in [9.17, 15) is 0 Å². The number of aromatic nitrogens is 3. The average Bonchev–Trinajstić information content (AvgIpc) is 2.88. The molecule has 19 heavy (non-hydrogen) atoms. The molecule has 1 N–H and O–H groups in total. The third-order valence-electron chi connectivity index (χ3n) is 3.54. The number of pyridine rings is 1. The summed E-state index contributed by atoms with van der Waals surface area (Å²) in [5, 5.41) is 3.36. The molecule has 4 heteroatoms. The van der Waals surface area contributed by atoms with Crippen LogP contribution in [-0.4, -0.2) is 15.0 Å². The molecule has 0 fully saturated rings. The van der Waals surface area contributed by atoms with E-state index in [2.05, 4.69) is 24.1 Å². The minimum atomic E-state index is 0.816. The van der Waals surface area contributed by atoms with Crippen LogP contribution in [0.3, 0.4) is 0 Å². The van der Waals surface area contributed by atoms with E-state index in [0.29, 0.717) is 0 Å². The molecule has 3 rings (SSSR count). The van der Waals surface area contributed by atoms with Gasteiger partial charge in [0.05, 0.1) is 5.69 Å². The zero-order valence-electron chi connectivity index (χ0n) is 11.4. The Morgan fingerprint density at radius 2 is 2.16 bits per heavy atom. The molecule has 4 nitrogen and oxygen atoms in total. The largest absolute Gasteiger partial charge is 0.307 e. The summed E-state index contributed by atoms with van der Waals surface area (Å²) >= 11 is 0. The molecule has 2 aromatic rings. The summed E-state index contributed by atoms with van der Waals surface area (Å²) in [5.41, 5.74) is 5.84. The van der Waals surface area contributed by atoms with E-state index < -0.39 is 0 Å². The minimum Gasteiger partial charge on any atom is -0.307 e. The Kier molecular flexibility index (Phi) is 3.25. The molecule has 0 saturated heterocycles. The zero-order chi connectivity index (χ0) is 13.2. The van der Waals surface area contributed by atoms with Crippen LogP contribution in [0.1, 0.15) is 35.9 Å². The third-order valence-corrected chi connectivity index (χ3v) is 3.54. The normalized spacial score (nSPS) is 13.6. The van der Waals surface area contributed by atoms with Crippen molar-refractivity contribution >= 4 is 0 Å². The van der Waals surface area contributed by atoms with Crippen molar-refractivity contribution in [2.24, 2.45) is 0 Å². The molecule has 2 aromatic heterocycles. The van der Waals surface area contributed by atoms with Gasteiger partial charge in [0, 0.05) is 42.3 Å². The lowest BCUT2D eigenvalue weighted by Gasteiger charge is -2.10. The van der Waals surface area contributed by atoms with Gasteiger partial charge in [-0.3, -0.25) is 4.98 Å². The van der Waals surface area contributed by atoms with Crippen LogP contribution >= 0.6 is 0 Å². The summed E-state index contributed by atoms with van der Waals surface area (Å²) in [6.45, 7) is 6.01. The SMILES string of the molecule is CCCc1nc(-c2cnccc2C)nc2c1CNC2. The number of aryl methyl sites for hydroxylation is 2. The summed E-state index contributed by atoms with van der Waals surface area (Å²) in [5.74, 6) is 0.816. The predicted molar refractivity (Wildman–Crippen MR) is 74.5 cm³/mol. The van der Waals surface area contributed by atoms with Gasteiger partial charge in [-0.1, -0.05) is 13.3 Å². The van der Waals surface area contributed by atoms with Crippen molar-refractivity contribution in [1.82, 2.24) is 20.3 Å². The number of nitrogens with zero attached hydrogens (tertiary/aromatic N) is 3. The van der Waals surface area contributed by atoms with Crippen LogP contribution in [0.2, 0.25) is 0 Å². The Morgan fingerprint density at radius 3 is 2.95 bits per heavy atom. The van der Waals surface area contributed by atoms with Crippen molar-refractivity contribution in [3.05, 3.63) is 41.0 Å². The molecule has 0 atom stereocenters. The van der Waals surface area contributed by atoms with E-state index in [4.69, 9.17) is 9.97 Å². The van der Waals surface area contributed by atoms with Gasteiger partial charge in [-0.15, -0.1) is 0 Å². The zero-order valence-corrected chi connectivity index (χ0v) is 11.4. The fraction of sp³-hybridized carbons (Fsp3) is 0.400. The van der Waals surface area contributed by atoms with Crippen LogP contribution in [0.5, 0.6) is 0 Å². The molecule has 0 saturated carbocycles. The second kappa shape index (κ2) is 5.05. The fourth-order valence-corrected chi connectivity index (χ4v) is 2.50. The van der Waals surface area contributed by atoms with E-state index in [1.165, 1.54) is 16.8 Å². The molecular formula is C15H18N4. The highest BCUT2D eigenvalue weighted by Gasteiger charge is 2.19. The molecule has 0 aromatic carbocycles. The maximum absolute atomic E-state index is 4.77. The number of nitrogens with one attached hydrogen (secondary N) is 1. The minimum absolute atomic E-state index is 0.816. The molecule has 3 heterocycles. The summed E-state index contributed by atoms with van der Waals surface area (Å²) in [6.07, 6.45) is 5.78. The van der Waals surface area contributed by atoms with Gasteiger partial charge >= 0.3 is 0 Å². The summed E-state index contributed by atoms with van der Waals surface area (Å²) < 4.78 is 0. The quantitative estimate of drug-likeness (QED) is 0.913. The Hall–Kier alpha value is -1.81. The van der Waals surface area contributed by atoms with E-state index in [0.717, 1.165) is 43.0 Å². The van der Waals surface area contributed by atoms with Gasteiger partial charge in [-0.05, 0) is 25.0 Å². The Labute approximate surface area is 113 Å². The van der Waals surface area contributed by atoms with Crippen LogP contribution in [0.25, 0.3) is 11.4 Å². The molecular weight excluding hydrogens is 236 g/mol. The van der Waals surface area contributed by atoms with Gasteiger partial charge in [-0.25, -0.2) is 9.97 Å². The van der Waals surface area contributed by atoms with E-state index in [1.807, 2.05) is 12.3 Å². The second-order valence-corrected chi connectivity index (χ2v) is 4.96. The first-order chi connectivity index (χ1) is 9.29. The van der Waals surface area contributed by atoms with Crippen LogP contribution in [0.4, 0.5) is 0 Å². The summed E-state index contributed by atoms with van der Waals surface area (Å²) in [6, 6.07) is 2.00. The first kappa shape index (κ1) is 12.2. The highest BCUT2D eigenvalue weighted by Crippen LogP contribution is 2.24. The molecule has 0 amide bonds. The summed E-state index contributed by atoms with van der Waals surface area (Å²) in [4.78, 5) is 13.7. The van der Waals surface area contributed by atoms with Crippen LogP contribution in [0.15, 0.2) is 18.5 Å². The molecule has 0 unspecified atom stereocenters. The maximum Gasteiger partial charge on any atom is 0.161 e. The molecule has 1 aliphatic heterocycles. The predicted octanol–water partition coefficient (Wildman–Crippen LogP) is 2.40. The van der Waals surface area contributed by atoms with Crippen molar-refractivity contribution in [1.29, 1.82) is 0 Å². The van der Waals surface area contributed by atoms with Crippen molar-refractivity contribution in [2.75, 3.05) is 0 Å². The van der Waals surface area contributed by atoms with E-state index >= 15 is 0 Å². The number of fused-ring (bicyclic) bond motifs is 1. The number of hydrogen-bond donors (Lipinski definition) is 1. The summed E-state index contributed by atoms with van der Waals surface area (Å²) in [7, 11) is 0. The smallest absolute Gasteiger partial charge is 0.161 e. The van der Waals surface area contributed by atoms with E-state index in [-0.39, 0.29) is 0 Å². The molecule has 0 aliphatic carbocycles. The first-order valence-corrected chi connectivity index (χ1v) is 6.80. The Morgan fingerprint density at radius 1 is 1.26 bits per heavy atom. The topological polar surface area (TPSA) is 50.7 Å². The monoisotopic (exact) mass is 254 g/mol. The molecule has 98 valence electrons.